The molecule has 1 aromatic carbocycles. The molecular formula is C27H32ClN5O6S2. The number of carbonyl (C=O) groups excluding carboxylic acids is 2. The molecule has 11 nitrogen and oxygen atoms in total. The molecule has 0 aliphatic carbocycles. The van der Waals surface area contributed by atoms with Crippen LogP contribution in [0, 0.1) is 6.92 Å². The second kappa shape index (κ2) is 12.6. The lowest BCUT2D eigenvalue weighted by Gasteiger charge is -2.36. The minimum Gasteiger partial charge on any atom is -0.395 e. The molecule has 14 heteroatoms. The number of carbonyl (C=O) groups is 2. The molecule has 2 saturated heterocycles. The van der Waals surface area contributed by atoms with Gasteiger partial charge in [0, 0.05) is 63.9 Å². The number of aliphatic hydroxyl groups excluding tert-OH is 1. The summed E-state index contributed by atoms with van der Waals surface area (Å²) in [5, 5.41) is 13.4. The molecule has 1 unspecified atom stereocenters. The number of nitrogens with zero attached hydrogens (tertiary/aromatic N) is 4. The van der Waals surface area contributed by atoms with E-state index >= 15 is 0 Å². The van der Waals surface area contributed by atoms with Crippen LogP contribution in [0.3, 0.4) is 0 Å². The highest BCUT2D eigenvalue weighted by atomic mass is 35.5. The minimum atomic E-state index is -4.18. The average molecular weight is 622 g/mol. The summed E-state index contributed by atoms with van der Waals surface area (Å²) in [6.45, 7) is 4.70. The molecule has 2 fully saturated rings. The van der Waals surface area contributed by atoms with Gasteiger partial charge in [-0.05, 0) is 43.2 Å². The maximum Gasteiger partial charge on any atom is 0.241 e. The summed E-state index contributed by atoms with van der Waals surface area (Å²) >= 11 is 7.38. The monoisotopic (exact) mass is 621 g/mol. The Bertz CT molecular complexity index is 1520. The van der Waals surface area contributed by atoms with Crippen molar-refractivity contribution in [1.82, 2.24) is 19.7 Å². The number of benzene rings is 1. The molecule has 1 atom stereocenters. The topological polar surface area (TPSA) is 136 Å². The van der Waals surface area contributed by atoms with Gasteiger partial charge in [0.25, 0.3) is 0 Å². The smallest absolute Gasteiger partial charge is 0.241 e. The largest absolute Gasteiger partial charge is 0.395 e. The van der Waals surface area contributed by atoms with Gasteiger partial charge in [0.05, 0.1) is 26.4 Å². The van der Waals surface area contributed by atoms with E-state index in [1.165, 1.54) is 17.4 Å². The number of halogens is 1. The summed E-state index contributed by atoms with van der Waals surface area (Å²) < 4.78 is 36.3. The summed E-state index contributed by atoms with van der Waals surface area (Å²) in [7, 11) is -4.18. The third-order valence-corrected chi connectivity index (χ3v) is 10.3. The first-order valence-electron chi connectivity index (χ1n) is 13.4. The number of anilines is 1. The molecule has 0 bridgehead atoms. The zero-order valence-corrected chi connectivity index (χ0v) is 25.0. The lowest BCUT2D eigenvalue weighted by Crippen LogP contribution is -2.55. The molecule has 4 heterocycles. The van der Waals surface area contributed by atoms with Crippen LogP contribution in [0.15, 0.2) is 45.8 Å². The van der Waals surface area contributed by atoms with Gasteiger partial charge in [-0.25, -0.2) is 8.42 Å². The molecule has 5 rings (SSSR count). The van der Waals surface area contributed by atoms with Crippen molar-refractivity contribution in [2.75, 3.05) is 50.8 Å². The van der Waals surface area contributed by atoms with Crippen molar-refractivity contribution in [2.24, 2.45) is 0 Å². The van der Waals surface area contributed by atoms with Crippen LogP contribution in [0.5, 0.6) is 0 Å². The minimum absolute atomic E-state index is 0.00864. The molecule has 2 aliphatic rings. The molecule has 2 amide bonds. The van der Waals surface area contributed by atoms with E-state index in [9.17, 15) is 23.1 Å². The summed E-state index contributed by atoms with van der Waals surface area (Å²) in [4.78, 5) is 32.2. The Balaban J connectivity index is 1.41. The number of nitrogens with one attached hydrogen (secondary N) is 1. The van der Waals surface area contributed by atoms with Crippen molar-refractivity contribution >= 4 is 50.5 Å². The van der Waals surface area contributed by atoms with E-state index in [2.05, 4.69) is 9.88 Å². The molecule has 0 spiro atoms. The van der Waals surface area contributed by atoms with E-state index in [-0.39, 0.29) is 29.7 Å². The molecular weight excluding hydrogens is 590 g/mol. The molecule has 2 aliphatic heterocycles. The molecule has 220 valence electrons. The lowest BCUT2D eigenvalue weighted by atomic mass is 10.1. The number of sulfonamides is 1. The van der Waals surface area contributed by atoms with Gasteiger partial charge in [-0.2, -0.15) is 4.72 Å². The lowest BCUT2D eigenvalue weighted by molar-refractivity contribution is -0.134. The number of piperazine rings is 1. The first-order chi connectivity index (χ1) is 19.7. The van der Waals surface area contributed by atoms with Crippen molar-refractivity contribution in [3.63, 3.8) is 0 Å². The van der Waals surface area contributed by atoms with Gasteiger partial charge in [-0.3, -0.25) is 14.5 Å². The van der Waals surface area contributed by atoms with Crippen LogP contribution in [0.4, 0.5) is 5.69 Å². The van der Waals surface area contributed by atoms with Crippen LogP contribution in [-0.4, -0.2) is 92.2 Å². The van der Waals surface area contributed by atoms with Crippen LogP contribution < -0.4 is 9.62 Å². The fourth-order valence-electron chi connectivity index (χ4n) is 5.25. The summed E-state index contributed by atoms with van der Waals surface area (Å²) in [6, 6.07) is 8.90. The quantitative estimate of drug-likeness (QED) is 0.353. The van der Waals surface area contributed by atoms with Gasteiger partial charge < -0.3 is 19.4 Å². The standard InChI is InChI=1S/C27H32ClN5O6S2/c1-18-21(33-9-3-6-26(33)35)4-2-5-24(18)41(37,38)30-20(27(36)32-12-10-31(11-13-32)14-15-34)16-19-17-22(39-29-19)23-7-8-25(28)40-23/h2,4-5,7-8,17,20,30,34H,3,6,9-16H2,1H3. The maximum atomic E-state index is 13.8. The number of amides is 2. The van der Waals surface area contributed by atoms with E-state index in [1.54, 1.807) is 47.1 Å². The number of thiophene rings is 1. The highest BCUT2D eigenvalue weighted by Crippen LogP contribution is 2.32. The van der Waals surface area contributed by atoms with E-state index in [1.807, 2.05) is 4.90 Å². The van der Waals surface area contributed by atoms with Crippen LogP contribution in [0.1, 0.15) is 24.1 Å². The van der Waals surface area contributed by atoms with Crippen LogP contribution in [-0.2, 0) is 26.0 Å². The first-order valence-corrected chi connectivity index (χ1v) is 16.1. The Labute approximate surface area is 247 Å². The molecule has 2 aromatic heterocycles. The zero-order valence-electron chi connectivity index (χ0n) is 22.6. The first kappa shape index (κ1) is 29.7. The maximum absolute atomic E-state index is 13.8. The number of aromatic nitrogens is 1. The zero-order chi connectivity index (χ0) is 29.1. The summed E-state index contributed by atoms with van der Waals surface area (Å²) in [6.07, 6.45) is 1.11. The Morgan fingerprint density at radius 1 is 1.20 bits per heavy atom. The third kappa shape index (κ3) is 6.65. The van der Waals surface area contributed by atoms with Crippen molar-refractivity contribution in [2.45, 2.75) is 37.1 Å². The third-order valence-electron chi connectivity index (χ3n) is 7.39. The Morgan fingerprint density at radius 3 is 2.63 bits per heavy atom. The van der Waals surface area contributed by atoms with Gasteiger partial charge in [-0.15, -0.1) is 11.3 Å². The predicted molar refractivity (Wildman–Crippen MR) is 156 cm³/mol. The van der Waals surface area contributed by atoms with Crippen LogP contribution in [0.25, 0.3) is 10.6 Å². The van der Waals surface area contributed by atoms with Crippen LogP contribution in [0.2, 0.25) is 4.34 Å². The predicted octanol–water partition coefficient (Wildman–Crippen LogP) is 2.52. The fraction of sp³-hybridized carbons (Fsp3) is 0.444. The van der Waals surface area contributed by atoms with Crippen molar-refractivity contribution < 1.29 is 27.6 Å². The number of aliphatic hydroxyl groups is 1. The van der Waals surface area contributed by atoms with Crippen molar-refractivity contribution in [1.29, 1.82) is 0 Å². The number of hydrogen-bond acceptors (Lipinski definition) is 9. The summed E-state index contributed by atoms with van der Waals surface area (Å²) in [5.41, 5.74) is 1.41. The van der Waals surface area contributed by atoms with E-state index in [4.69, 9.17) is 16.1 Å². The molecule has 0 radical (unpaired) electrons. The Morgan fingerprint density at radius 2 is 1.98 bits per heavy atom. The van der Waals surface area contributed by atoms with Gasteiger partial charge in [0.1, 0.15) is 6.04 Å². The molecule has 0 saturated carbocycles. The average Bonchev–Trinajstić information content (AvgIpc) is 3.70. The van der Waals surface area contributed by atoms with E-state index in [0.717, 1.165) is 4.88 Å². The molecule has 41 heavy (non-hydrogen) atoms. The van der Waals surface area contributed by atoms with Gasteiger partial charge in [0.15, 0.2) is 5.76 Å². The number of β-amino-alcohol motifs (C(OH)–C–C–N with tert-alkyl or cyclic N) is 1. The number of hydrogen-bond donors (Lipinski definition) is 2. The highest BCUT2D eigenvalue weighted by Gasteiger charge is 2.34. The normalized spacial score (nSPS) is 17.4. The number of rotatable bonds is 10. The van der Waals surface area contributed by atoms with Gasteiger partial charge >= 0.3 is 0 Å². The second-order valence-electron chi connectivity index (χ2n) is 10.1. The summed E-state index contributed by atoms with van der Waals surface area (Å²) in [5.74, 6) is 0.0599. The van der Waals surface area contributed by atoms with E-state index in [0.29, 0.717) is 79.2 Å². The van der Waals surface area contributed by atoms with Gasteiger partial charge in [-0.1, -0.05) is 22.8 Å². The second-order valence-corrected chi connectivity index (χ2v) is 13.5. The van der Waals surface area contributed by atoms with E-state index < -0.39 is 16.1 Å². The van der Waals surface area contributed by atoms with Gasteiger partial charge in [0.2, 0.25) is 21.8 Å². The van der Waals surface area contributed by atoms with Crippen molar-refractivity contribution in [3.05, 3.63) is 52.0 Å². The molecule has 2 N–H and O–H groups in total. The Kier molecular flexibility index (Phi) is 9.12. The highest BCUT2D eigenvalue weighted by molar-refractivity contribution is 7.89. The Hall–Kier alpha value is -2.81. The molecule has 3 aromatic rings. The van der Waals surface area contributed by atoms with Crippen LogP contribution >= 0.6 is 22.9 Å². The van der Waals surface area contributed by atoms with Crippen molar-refractivity contribution in [3.8, 4) is 10.6 Å². The fourth-order valence-corrected chi connectivity index (χ4v) is 7.70. The SMILES string of the molecule is Cc1c(N2CCCC2=O)cccc1S(=O)(=O)NC(Cc1cc(-c2ccc(Cl)s2)on1)C(=O)N1CCN(CCO)CC1.